The van der Waals surface area contributed by atoms with E-state index in [1.807, 2.05) is 18.7 Å². The van der Waals surface area contributed by atoms with Crippen molar-refractivity contribution in [2.24, 2.45) is 12.8 Å². The number of halogens is 3. The molecule has 1 amide bonds. The first-order valence-corrected chi connectivity index (χ1v) is 10.6. The zero-order valence-electron chi connectivity index (χ0n) is 19.6. The van der Waals surface area contributed by atoms with Crippen molar-refractivity contribution in [1.29, 1.82) is 0 Å². The molecule has 3 heterocycles. The lowest BCUT2D eigenvalue weighted by molar-refractivity contribution is -0.221. The number of carbonyl (C=O) groups excluding carboxylic acids is 2. The van der Waals surface area contributed by atoms with Gasteiger partial charge in [0.1, 0.15) is 0 Å². The molecule has 1 aliphatic rings. The van der Waals surface area contributed by atoms with Gasteiger partial charge in [-0.1, -0.05) is 11.6 Å². The van der Waals surface area contributed by atoms with Gasteiger partial charge in [0.15, 0.2) is 11.2 Å². The number of amides is 1. The average Bonchev–Trinajstić information content (AvgIpc) is 3.16. The minimum atomic E-state index is -5.50. The third-order valence-corrected chi connectivity index (χ3v) is 5.62. The van der Waals surface area contributed by atoms with E-state index in [2.05, 4.69) is 15.0 Å². The number of aryl methyl sites for hydroxylation is 1. The molecule has 0 spiro atoms. The predicted octanol–water partition coefficient (Wildman–Crippen LogP) is -0.464. The molecule has 12 nitrogen and oxygen atoms in total. The van der Waals surface area contributed by atoms with Crippen molar-refractivity contribution in [2.45, 2.75) is 39.2 Å². The number of nitrogens with zero attached hydrogens (tertiary/aromatic N) is 5. The third kappa shape index (κ3) is 4.67. The minimum absolute atomic E-state index is 0.0547. The molecule has 3 N–H and O–H groups in total. The van der Waals surface area contributed by atoms with E-state index in [9.17, 15) is 32.3 Å². The van der Waals surface area contributed by atoms with Crippen LogP contribution in [0.1, 0.15) is 20.8 Å². The van der Waals surface area contributed by atoms with E-state index >= 15 is 0 Å². The van der Waals surface area contributed by atoms with Crippen molar-refractivity contribution < 1.29 is 27.5 Å². The number of esters is 1. The van der Waals surface area contributed by atoms with Crippen molar-refractivity contribution in [3.05, 3.63) is 32.5 Å². The van der Waals surface area contributed by atoms with E-state index in [4.69, 9.17) is 5.73 Å². The monoisotopic (exact) mass is 501 g/mol. The first kappa shape index (κ1) is 26.0. The van der Waals surface area contributed by atoms with Crippen LogP contribution in [-0.4, -0.2) is 62.9 Å². The molecule has 15 heteroatoms. The number of hydrogen-bond acceptors (Lipinski definition) is 8. The fourth-order valence-electron chi connectivity index (χ4n) is 3.68. The minimum Gasteiger partial charge on any atom is -0.422 e. The van der Waals surface area contributed by atoms with Gasteiger partial charge in [-0.25, -0.2) is 14.2 Å². The number of imidazole rings is 1. The van der Waals surface area contributed by atoms with E-state index in [0.29, 0.717) is 39.1 Å². The van der Waals surface area contributed by atoms with Gasteiger partial charge in [-0.3, -0.25) is 14.2 Å². The SMILES string of the molecule is CC(C)=CCn1c(N2CCNCC2)nc2c1c(=O)n(C(C)(OC(=O)C(F)(F)F)C(N)=O)c(=O)n2C. The number of anilines is 1. The highest BCUT2D eigenvalue weighted by atomic mass is 19.4. The molecule has 0 aliphatic carbocycles. The van der Waals surface area contributed by atoms with Crippen LogP contribution >= 0.6 is 0 Å². The summed E-state index contributed by atoms with van der Waals surface area (Å²) < 4.78 is 45.6. The van der Waals surface area contributed by atoms with Gasteiger partial charge in [-0.05, 0) is 13.8 Å². The van der Waals surface area contributed by atoms with Crippen LogP contribution < -0.4 is 27.2 Å². The molecule has 0 bridgehead atoms. The zero-order chi connectivity index (χ0) is 26.3. The molecule has 35 heavy (non-hydrogen) atoms. The Morgan fingerprint density at radius 1 is 1.20 bits per heavy atom. The number of fused-ring (bicyclic) bond motifs is 1. The second-order valence-electron chi connectivity index (χ2n) is 8.43. The maximum absolute atomic E-state index is 13.6. The molecular weight excluding hydrogens is 475 g/mol. The summed E-state index contributed by atoms with van der Waals surface area (Å²) in [5.74, 6) is -4.07. The summed E-state index contributed by atoms with van der Waals surface area (Å²) in [6.45, 7) is 6.83. The van der Waals surface area contributed by atoms with Gasteiger partial charge in [0, 0.05) is 46.7 Å². The Kier molecular flexibility index (Phi) is 6.83. The van der Waals surface area contributed by atoms with E-state index in [1.165, 1.54) is 11.6 Å². The summed E-state index contributed by atoms with van der Waals surface area (Å²) in [4.78, 5) is 56.9. The number of aromatic nitrogens is 4. The van der Waals surface area contributed by atoms with Crippen molar-refractivity contribution in [1.82, 2.24) is 24.0 Å². The zero-order valence-corrected chi connectivity index (χ0v) is 19.6. The number of nitrogens with one attached hydrogen (secondary N) is 1. The van der Waals surface area contributed by atoms with Crippen molar-refractivity contribution in [3.63, 3.8) is 0 Å². The number of rotatable bonds is 6. The smallest absolute Gasteiger partial charge is 0.422 e. The Labute approximate surface area is 196 Å². The van der Waals surface area contributed by atoms with E-state index in [1.54, 1.807) is 6.08 Å². The number of nitrogens with two attached hydrogens (primary N) is 1. The van der Waals surface area contributed by atoms with Gasteiger partial charge >= 0.3 is 17.8 Å². The van der Waals surface area contributed by atoms with Crippen molar-refractivity contribution in [2.75, 3.05) is 31.1 Å². The Hall–Kier alpha value is -3.62. The van der Waals surface area contributed by atoms with E-state index < -0.39 is 35.0 Å². The second-order valence-corrected chi connectivity index (χ2v) is 8.43. The van der Waals surface area contributed by atoms with Crippen LogP contribution in [0.15, 0.2) is 21.2 Å². The molecular formula is C20H26F3N7O5. The van der Waals surface area contributed by atoms with Crippen LogP contribution in [0.5, 0.6) is 0 Å². The van der Waals surface area contributed by atoms with Gasteiger partial charge in [-0.2, -0.15) is 18.2 Å². The first-order valence-electron chi connectivity index (χ1n) is 10.6. The molecule has 192 valence electrons. The van der Waals surface area contributed by atoms with Gasteiger partial charge in [0.25, 0.3) is 17.2 Å². The lowest BCUT2D eigenvalue weighted by atomic mass is 10.2. The number of alkyl halides is 3. The van der Waals surface area contributed by atoms with Gasteiger partial charge < -0.3 is 25.3 Å². The van der Waals surface area contributed by atoms with Crippen LogP contribution in [-0.2, 0) is 33.6 Å². The van der Waals surface area contributed by atoms with E-state index in [0.717, 1.165) is 10.1 Å². The van der Waals surface area contributed by atoms with Gasteiger partial charge in [0.05, 0.1) is 0 Å². The number of ether oxygens (including phenoxy) is 1. The Morgan fingerprint density at radius 2 is 1.80 bits per heavy atom. The van der Waals surface area contributed by atoms with Gasteiger partial charge in [-0.15, -0.1) is 0 Å². The molecule has 1 fully saturated rings. The number of hydrogen-bond donors (Lipinski definition) is 2. The fraction of sp³-hybridized carbons (Fsp3) is 0.550. The maximum atomic E-state index is 13.6. The number of piperazine rings is 1. The fourth-order valence-corrected chi connectivity index (χ4v) is 3.68. The molecule has 0 aromatic carbocycles. The van der Waals surface area contributed by atoms with Crippen molar-refractivity contribution >= 4 is 29.0 Å². The molecule has 2 aromatic rings. The van der Waals surface area contributed by atoms with Crippen molar-refractivity contribution in [3.8, 4) is 0 Å². The summed E-state index contributed by atoms with van der Waals surface area (Å²) in [5, 5.41) is 3.19. The molecule has 1 atom stereocenters. The molecule has 3 rings (SSSR count). The average molecular weight is 501 g/mol. The predicted molar refractivity (Wildman–Crippen MR) is 119 cm³/mol. The summed E-state index contributed by atoms with van der Waals surface area (Å²) in [7, 11) is 1.23. The highest BCUT2D eigenvalue weighted by molar-refractivity contribution is 5.86. The number of allylic oxidation sites excluding steroid dienone is 2. The topological polar surface area (TPSA) is 146 Å². The Balaban J connectivity index is 2.37. The van der Waals surface area contributed by atoms with Crippen LogP contribution in [0.4, 0.5) is 19.1 Å². The second kappa shape index (κ2) is 9.20. The molecule has 0 saturated carbocycles. The summed E-state index contributed by atoms with van der Waals surface area (Å²) in [6.07, 6.45) is -3.71. The Bertz CT molecular complexity index is 1310. The molecule has 0 radical (unpaired) electrons. The number of primary amides is 1. The standard InChI is InChI=1S/C20H26F3N7O5/c1-11(2)5-8-29-12-13(26-17(29)28-9-6-25-7-10-28)27(4)18(34)30(14(12)31)19(3,15(24)32)35-16(33)20(21,22)23/h5,25H,6-10H2,1-4H3,(H2,24,32). The summed E-state index contributed by atoms with van der Waals surface area (Å²) in [5.41, 5.74) is 0.441. The van der Waals surface area contributed by atoms with E-state index in [-0.39, 0.29) is 22.3 Å². The molecule has 1 aliphatic heterocycles. The van der Waals surface area contributed by atoms with Crippen LogP contribution in [0, 0.1) is 0 Å². The van der Waals surface area contributed by atoms with Gasteiger partial charge in [0.2, 0.25) is 5.95 Å². The van der Waals surface area contributed by atoms with Crippen LogP contribution in [0.3, 0.4) is 0 Å². The highest BCUT2D eigenvalue weighted by Gasteiger charge is 2.50. The Morgan fingerprint density at radius 3 is 2.31 bits per heavy atom. The molecule has 2 aromatic heterocycles. The quantitative estimate of drug-likeness (QED) is 0.399. The summed E-state index contributed by atoms with van der Waals surface area (Å²) in [6, 6.07) is 0. The summed E-state index contributed by atoms with van der Waals surface area (Å²) >= 11 is 0. The lowest BCUT2D eigenvalue weighted by Gasteiger charge is -2.29. The van der Waals surface area contributed by atoms with Crippen LogP contribution in [0.2, 0.25) is 0 Å². The normalized spacial score (nSPS) is 16.1. The molecule has 1 unspecified atom stereocenters. The lowest BCUT2D eigenvalue weighted by Crippen LogP contribution is -2.59. The maximum Gasteiger partial charge on any atom is 0.491 e. The van der Waals surface area contributed by atoms with Crippen LogP contribution in [0.25, 0.3) is 11.2 Å². The highest BCUT2D eigenvalue weighted by Crippen LogP contribution is 2.25. The first-order chi connectivity index (χ1) is 16.2. The number of carbonyl (C=O) groups is 2. The third-order valence-electron chi connectivity index (χ3n) is 5.62. The molecule has 1 saturated heterocycles. The largest absolute Gasteiger partial charge is 0.491 e.